The lowest BCUT2D eigenvalue weighted by molar-refractivity contribution is -0.136. The van der Waals surface area contributed by atoms with Crippen LogP contribution < -0.4 is 4.74 Å². The molecular weight excluding hydrogens is 409 g/mol. The minimum atomic E-state index is -4.38. The van der Waals surface area contributed by atoms with Gasteiger partial charge in [-0.2, -0.15) is 17.5 Å². The summed E-state index contributed by atoms with van der Waals surface area (Å²) < 4.78 is 70.5. The molecule has 1 amide bonds. The van der Waals surface area contributed by atoms with Crippen LogP contribution in [0.15, 0.2) is 23.1 Å². The molecule has 10 heteroatoms. The molecule has 0 radical (unpaired) electrons. The van der Waals surface area contributed by atoms with Gasteiger partial charge in [0.2, 0.25) is 10.0 Å². The fourth-order valence-corrected chi connectivity index (χ4v) is 4.98. The zero-order valence-electron chi connectivity index (χ0n) is 16.7. The maximum atomic E-state index is 13.2. The highest BCUT2D eigenvalue weighted by Crippen LogP contribution is 2.30. The van der Waals surface area contributed by atoms with E-state index in [1.165, 1.54) is 29.6 Å². The van der Waals surface area contributed by atoms with Gasteiger partial charge in [-0.25, -0.2) is 8.42 Å². The van der Waals surface area contributed by atoms with Crippen LogP contribution in [0.3, 0.4) is 0 Å². The third-order valence-electron chi connectivity index (χ3n) is 4.93. The van der Waals surface area contributed by atoms with Crippen molar-refractivity contribution in [3.8, 4) is 5.75 Å². The molecule has 0 saturated carbocycles. The van der Waals surface area contributed by atoms with Crippen LogP contribution >= 0.6 is 0 Å². The van der Waals surface area contributed by atoms with Crippen molar-refractivity contribution < 1.29 is 31.1 Å². The molecule has 0 aliphatic carbocycles. The number of methoxy groups -OCH3 is 1. The summed E-state index contributed by atoms with van der Waals surface area (Å²) in [6.45, 7) is 1.94. The first-order valence-electron chi connectivity index (χ1n) is 9.64. The van der Waals surface area contributed by atoms with E-state index < -0.39 is 35.1 Å². The van der Waals surface area contributed by atoms with Crippen LogP contribution in [0.2, 0.25) is 0 Å². The highest BCUT2D eigenvalue weighted by molar-refractivity contribution is 7.89. The molecule has 1 aromatic rings. The first-order chi connectivity index (χ1) is 13.6. The predicted octanol–water partition coefficient (Wildman–Crippen LogP) is 3.67. The van der Waals surface area contributed by atoms with Crippen LogP contribution in [0.5, 0.6) is 5.75 Å². The number of rotatable bonds is 7. The van der Waals surface area contributed by atoms with Gasteiger partial charge in [0.05, 0.1) is 13.5 Å². The Hall–Kier alpha value is -1.81. The summed E-state index contributed by atoms with van der Waals surface area (Å²) in [5, 5.41) is 0. The molecule has 0 spiro atoms. The topological polar surface area (TPSA) is 66.9 Å². The van der Waals surface area contributed by atoms with Gasteiger partial charge in [-0.1, -0.05) is 12.8 Å². The summed E-state index contributed by atoms with van der Waals surface area (Å²) in [7, 11) is -2.56. The van der Waals surface area contributed by atoms with E-state index in [9.17, 15) is 26.4 Å². The number of sulfonamides is 1. The molecule has 0 bridgehead atoms. The van der Waals surface area contributed by atoms with E-state index in [0.29, 0.717) is 13.1 Å². The fourth-order valence-electron chi connectivity index (χ4n) is 3.28. The van der Waals surface area contributed by atoms with Crippen molar-refractivity contribution >= 4 is 15.9 Å². The number of carbonyl (C=O) groups excluding carboxylic acids is 1. The molecule has 1 saturated heterocycles. The molecule has 1 aromatic carbocycles. The number of alkyl halides is 3. The van der Waals surface area contributed by atoms with E-state index in [0.717, 1.165) is 30.6 Å². The summed E-state index contributed by atoms with van der Waals surface area (Å²) in [5.41, 5.74) is 0.0169. The first-order valence-corrected chi connectivity index (χ1v) is 11.1. The van der Waals surface area contributed by atoms with E-state index in [1.807, 2.05) is 0 Å². The van der Waals surface area contributed by atoms with Gasteiger partial charge in [0, 0.05) is 31.7 Å². The van der Waals surface area contributed by atoms with Gasteiger partial charge in [-0.15, -0.1) is 0 Å². The first kappa shape index (κ1) is 23.5. The lowest BCUT2D eigenvalue weighted by Crippen LogP contribution is -2.35. The number of amides is 1. The zero-order valence-corrected chi connectivity index (χ0v) is 17.5. The van der Waals surface area contributed by atoms with Crippen LogP contribution in [-0.2, 0) is 10.0 Å². The Kier molecular flexibility index (Phi) is 7.93. The van der Waals surface area contributed by atoms with Gasteiger partial charge in [0.25, 0.3) is 5.91 Å². The Balaban J connectivity index is 2.35. The van der Waals surface area contributed by atoms with Crippen molar-refractivity contribution in [2.24, 2.45) is 0 Å². The summed E-state index contributed by atoms with van der Waals surface area (Å²) in [4.78, 5) is 13.6. The molecule has 0 unspecified atom stereocenters. The monoisotopic (exact) mass is 436 g/mol. The maximum absolute atomic E-state index is 13.2. The fraction of sp³-hybridized carbons (Fsp3) is 0.632. The van der Waals surface area contributed by atoms with Gasteiger partial charge in [0.1, 0.15) is 10.6 Å². The van der Waals surface area contributed by atoms with Crippen molar-refractivity contribution in [1.82, 2.24) is 9.21 Å². The van der Waals surface area contributed by atoms with Crippen molar-refractivity contribution in [3.05, 3.63) is 23.8 Å². The molecular formula is C19H27F3N2O4S. The number of carbonyl (C=O) groups is 1. The van der Waals surface area contributed by atoms with Crippen molar-refractivity contribution in [3.63, 3.8) is 0 Å². The normalized spacial score (nSPS) is 16.3. The van der Waals surface area contributed by atoms with Crippen molar-refractivity contribution in [2.45, 2.75) is 50.1 Å². The van der Waals surface area contributed by atoms with E-state index in [2.05, 4.69) is 0 Å². The lowest BCUT2D eigenvalue weighted by Gasteiger charge is -2.24. The van der Waals surface area contributed by atoms with Gasteiger partial charge in [-0.3, -0.25) is 4.79 Å². The highest BCUT2D eigenvalue weighted by atomic mass is 32.2. The van der Waals surface area contributed by atoms with Crippen molar-refractivity contribution in [1.29, 1.82) is 0 Å². The second kappa shape index (κ2) is 9.80. The van der Waals surface area contributed by atoms with Crippen LogP contribution in [0, 0.1) is 0 Å². The molecule has 0 N–H and O–H groups in total. The van der Waals surface area contributed by atoms with Gasteiger partial charge < -0.3 is 9.64 Å². The van der Waals surface area contributed by atoms with Gasteiger partial charge >= 0.3 is 6.18 Å². The Morgan fingerprint density at radius 3 is 2.31 bits per heavy atom. The van der Waals surface area contributed by atoms with E-state index >= 15 is 0 Å². The maximum Gasteiger partial charge on any atom is 0.390 e. The standard InChI is InChI=1S/C19H27F3N2O4S/c1-3-23(13-10-19(20,21)22)18(25)15-8-9-16(28-2)17(14-15)29(26,27)24-11-6-4-5-7-12-24/h8-9,14H,3-7,10-13H2,1-2H3. The molecule has 6 nitrogen and oxygen atoms in total. The number of ether oxygens (including phenoxy) is 1. The SMILES string of the molecule is CCN(CCC(F)(F)F)C(=O)c1ccc(OC)c(S(=O)(=O)N2CCCCCC2)c1. The van der Waals surface area contributed by atoms with E-state index in [4.69, 9.17) is 4.74 Å². The number of hydrogen-bond acceptors (Lipinski definition) is 4. The lowest BCUT2D eigenvalue weighted by atomic mass is 10.2. The minimum Gasteiger partial charge on any atom is -0.495 e. The van der Waals surface area contributed by atoms with Crippen LogP contribution in [0.25, 0.3) is 0 Å². The molecule has 0 aromatic heterocycles. The second-order valence-corrected chi connectivity index (χ2v) is 8.84. The highest BCUT2D eigenvalue weighted by Gasteiger charge is 2.31. The summed E-state index contributed by atoms with van der Waals surface area (Å²) >= 11 is 0. The number of benzene rings is 1. The third-order valence-corrected chi connectivity index (χ3v) is 6.85. The summed E-state index contributed by atoms with van der Waals surface area (Å²) in [6, 6.07) is 3.95. The molecule has 1 heterocycles. The van der Waals surface area contributed by atoms with Gasteiger partial charge in [0.15, 0.2) is 0 Å². The Morgan fingerprint density at radius 1 is 1.17 bits per heavy atom. The summed E-state index contributed by atoms with van der Waals surface area (Å²) in [5.74, 6) is -0.546. The average Bonchev–Trinajstić information content (AvgIpc) is 2.97. The third kappa shape index (κ3) is 6.08. The smallest absolute Gasteiger partial charge is 0.390 e. The van der Waals surface area contributed by atoms with Gasteiger partial charge in [-0.05, 0) is 38.0 Å². The summed E-state index contributed by atoms with van der Waals surface area (Å²) in [6.07, 6.45) is -2.10. The Morgan fingerprint density at radius 2 is 1.79 bits per heavy atom. The number of nitrogens with zero attached hydrogens (tertiary/aromatic N) is 2. The minimum absolute atomic E-state index is 0.0169. The second-order valence-electron chi connectivity index (χ2n) is 6.93. The van der Waals surface area contributed by atoms with E-state index in [1.54, 1.807) is 6.92 Å². The number of hydrogen-bond donors (Lipinski definition) is 0. The largest absolute Gasteiger partial charge is 0.495 e. The van der Waals surface area contributed by atoms with Crippen LogP contribution in [0.1, 0.15) is 49.4 Å². The zero-order chi connectivity index (χ0) is 21.7. The Bertz CT molecular complexity index is 804. The van der Waals surface area contributed by atoms with E-state index in [-0.39, 0.29) is 22.8 Å². The molecule has 164 valence electrons. The molecule has 1 fully saturated rings. The van der Waals surface area contributed by atoms with Crippen LogP contribution in [-0.4, -0.2) is 63.0 Å². The number of halogens is 3. The molecule has 0 atom stereocenters. The van der Waals surface area contributed by atoms with Crippen molar-refractivity contribution in [2.75, 3.05) is 33.3 Å². The predicted molar refractivity (Wildman–Crippen MR) is 102 cm³/mol. The molecule has 1 aliphatic heterocycles. The Labute approximate surface area is 169 Å². The molecule has 1 aliphatic rings. The molecule has 29 heavy (non-hydrogen) atoms. The van der Waals surface area contributed by atoms with Crippen LogP contribution in [0.4, 0.5) is 13.2 Å². The average molecular weight is 436 g/mol. The molecule has 2 rings (SSSR count). The quantitative estimate of drug-likeness (QED) is 0.654.